The monoisotopic (exact) mass is 397 g/mol. The molecule has 0 spiro atoms. The zero-order chi connectivity index (χ0) is 17.0. The third-order valence-corrected chi connectivity index (χ3v) is 5.54. The topological polar surface area (TPSA) is 63.7 Å². The molecule has 0 fully saturated rings. The highest BCUT2D eigenvalue weighted by molar-refractivity contribution is 9.10. The van der Waals surface area contributed by atoms with Gasteiger partial charge in [-0.15, -0.1) is 0 Å². The summed E-state index contributed by atoms with van der Waals surface area (Å²) in [6.07, 6.45) is 0. The fourth-order valence-electron chi connectivity index (χ4n) is 1.94. The van der Waals surface area contributed by atoms with Crippen LogP contribution in [0.15, 0.2) is 57.9 Å². The van der Waals surface area contributed by atoms with Crippen LogP contribution in [0.4, 0.5) is 5.69 Å². The van der Waals surface area contributed by atoms with Gasteiger partial charge >= 0.3 is 5.97 Å². The van der Waals surface area contributed by atoms with Crippen molar-refractivity contribution in [1.82, 2.24) is 0 Å². The van der Waals surface area contributed by atoms with Crippen LogP contribution in [0.1, 0.15) is 5.56 Å². The molecule has 0 N–H and O–H groups in total. The van der Waals surface area contributed by atoms with E-state index in [1.807, 2.05) is 6.92 Å². The van der Waals surface area contributed by atoms with Gasteiger partial charge in [-0.05, 0) is 43.3 Å². The lowest BCUT2D eigenvalue weighted by Crippen LogP contribution is -2.36. The van der Waals surface area contributed by atoms with E-state index in [0.717, 1.165) is 14.3 Å². The third-order valence-electron chi connectivity index (χ3n) is 3.22. The fourth-order valence-corrected chi connectivity index (χ4v) is 3.62. The van der Waals surface area contributed by atoms with E-state index in [1.165, 1.54) is 19.2 Å². The predicted octanol–water partition coefficient (Wildman–Crippen LogP) is 3.13. The normalized spacial score (nSPS) is 11.1. The van der Waals surface area contributed by atoms with Crippen molar-refractivity contribution in [2.75, 3.05) is 18.0 Å². The van der Waals surface area contributed by atoms with E-state index in [2.05, 4.69) is 20.7 Å². The molecule has 2 aromatic rings. The highest BCUT2D eigenvalue weighted by atomic mass is 79.9. The number of hydrogen-bond acceptors (Lipinski definition) is 4. The predicted molar refractivity (Wildman–Crippen MR) is 91.9 cm³/mol. The maximum atomic E-state index is 12.9. The van der Waals surface area contributed by atoms with Crippen LogP contribution in [0.3, 0.4) is 0 Å². The first-order chi connectivity index (χ1) is 10.8. The smallest absolute Gasteiger partial charge is 0.326 e. The Morgan fingerprint density at radius 3 is 2.17 bits per heavy atom. The zero-order valence-electron chi connectivity index (χ0n) is 12.7. The number of ether oxygens (including phenoxy) is 1. The minimum absolute atomic E-state index is 0.120. The third kappa shape index (κ3) is 4.11. The lowest BCUT2D eigenvalue weighted by atomic mass is 10.2. The van der Waals surface area contributed by atoms with Gasteiger partial charge in [-0.3, -0.25) is 9.10 Å². The van der Waals surface area contributed by atoms with Gasteiger partial charge in [0.1, 0.15) is 6.54 Å². The van der Waals surface area contributed by atoms with E-state index in [0.29, 0.717) is 5.69 Å². The fraction of sp³-hybridized carbons (Fsp3) is 0.188. The summed E-state index contributed by atoms with van der Waals surface area (Å²) in [6, 6.07) is 13.1. The Balaban J connectivity index is 2.49. The average molecular weight is 398 g/mol. The first-order valence-electron chi connectivity index (χ1n) is 6.76. The van der Waals surface area contributed by atoms with E-state index in [1.54, 1.807) is 36.4 Å². The van der Waals surface area contributed by atoms with Gasteiger partial charge in [0.25, 0.3) is 10.0 Å². The number of anilines is 1. The second-order valence-electron chi connectivity index (χ2n) is 4.88. The summed E-state index contributed by atoms with van der Waals surface area (Å²) in [5.41, 5.74) is 1.34. The Hall–Kier alpha value is -1.86. The van der Waals surface area contributed by atoms with Gasteiger partial charge in [-0.1, -0.05) is 33.6 Å². The molecular weight excluding hydrogens is 382 g/mol. The minimum Gasteiger partial charge on any atom is -0.468 e. The van der Waals surface area contributed by atoms with Gasteiger partial charge in [0.05, 0.1) is 17.7 Å². The summed E-state index contributed by atoms with van der Waals surface area (Å²) in [4.78, 5) is 11.8. The number of halogens is 1. The summed E-state index contributed by atoms with van der Waals surface area (Å²) < 4.78 is 32.2. The van der Waals surface area contributed by atoms with Gasteiger partial charge in [0.15, 0.2) is 0 Å². The Kier molecular flexibility index (Phi) is 5.43. The van der Waals surface area contributed by atoms with Crippen LogP contribution in [0.2, 0.25) is 0 Å². The van der Waals surface area contributed by atoms with Crippen molar-refractivity contribution in [3.05, 3.63) is 58.6 Å². The molecule has 0 aliphatic heterocycles. The van der Waals surface area contributed by atoms with Crippen LogP contribution in [0.5, 0.6) is 0 Å². The van der Waals surface area contributed by atoms with Crippen molar-refractivity contribution in [2.45, 2.75) is 11.8 Å². The molecule has 0 aromatic heterocycles. The second-order valence-corrected chi connectivity index (χ2v) is 7.66. The second kappa shape index (κ2) is 7.14. The highest BCUT2D eigenvalue weighted by Crippen LogP contribution is 2.25. The number of rotatable bonds is 5. The van der Waals surface area contributed by atoms with Gasteiger partial charge in [0, 0.05) is 4.47 Å². The molecule has 0 aliphatic carbocycles. The maximum absolute atomic E-state index is 12.9. The lowest BCUT2D eigenvalue weighted by molar-refractivity contribution is -0.138. The molecule has 0 heterocycles. The SMILES string of the molecule is COC(=O)CN(c1ccc(Br)cc1)S(=O)(=O)c1ccc(C)cc1. The molecule has 5 nitrogen and oxygen atoms in total. The van der Waals surface area contributed by atoms with Gasteiger partial charge < -0.3 is 4.74 Å². The van der Waals surface area contributed by atoms with Crippen LogP contribution < -0.4 is 4.31 Å². The summed E-state index contributed by atoms with van der Waals surface area (Å²) in [6.45, 7) is 1.48. The number of carbonyl (C=O) groups is 1. The van der Waals surface area contributed by atoms with Crippen molar-refractivity contribution in [2.24, 2.45) is 0 Å². The number of aryl methyl sites for hydroxylation is 1. The van der Waals surface area contributed by atoms with Crippen LogP contribution in [-0.2, 0) is 19.6 Å². The molecule has 2 rings (SSSR count). The lowest BCUT2D eigenvalue weighted by Gasteiger charge is -2.23. The van der Waals surface area contributed by atoms with Crippen LogP contribution in [0, 0.1) is 6.92 Å². The van der Waals surface area contributed by atoms with E-state index in [4.69, 9.17) is 0 Å². The molecule has 0 radical (unpaired) electrons. The maximum Gasteiger partial charge on any atom is 0.326 e. The molecule has 7 heteroatoms. The highest BCUT2D eigenvalue weighted by Gasteiger charge is 2.27. The van der Waals surface area contributed by atoms with Crippen molar-refractivity contribution in [1.29, 1.82) is 0 Å². The minimum atomic E-state index is -3.87. The molecule has 0 amide bonds. The Morgan fingerprint density at radius 1 is 1.09 bits per heavy atom. The van der Waals surface area contributed by atoms with E-state index < -0.39 is 22.5 Å². The average Bonchev–Trinajstić information content (AvgIpc) is 2.53. The number of nitrogens with zero attached hydrogens (tertiary/aromatic N) is 1. The summed E-state index contributed by atoms with van der Waals surface area (Å²) in [5, 5.41) is 0. The molecule has 0 saturated carbocycles. The van der Waals surface area contributed by atoms with Crippen molar-refractivity contribution >= 4 is 37.6 Å². The van der Waals surface area contributed by atoms with Gasteiger partial charge in [-0.25, -0.2) is 8.42 Å². The molecule has 122 valence electrons. The van der Waals surface area contributed by atoms with Crippen molar-refractivity contribution in [3.63, 3.8) is 0 Å². The number of carbonyl (C=O) groups excluding carboxylic acids is 1. The Bertz CT molecular complexity index is 786. The number of methoxy groups -OCH3 is 1. The molecule has 0 bridgehead atoms. The van der Waals surface area contributed by atoms with Crippen molar-refractivity contribution in [3.8, 4) is 0 Å². The molecule has 0 unspecified atom stereocenters. The zero-order valence-corrected chi connectivity index (χ0v) is 15.1. The molecule has 2 aromatic carbocycles. The Labute approximate surface area is 144 Å². The van der Waals surface area contributed by atoms with E-state index >= 15 is 0 Å². The quantitative estimate of drug-likeness (QED) is 0.726. The summed E-state index contributed by atoms with van der Waals surface area (Å²) in [5.74, 6) is -0.636. The first-order valence-corrected chi connectivity index (χ1v) is 8.99. The van der Waals surface area contributed by atoms with Crippen LogP contribution in [0.25, 0.3) is 0 Å². The van der Waals surface area contributed by atoms with E-state index in [-0.39, 0.29) is 4.90 Å². The molecule has 0 atom stereocenters. The summed E-state index contributed by atoms with van der Waals surface area (Å²) >= 11 is 3.30. The largest absolute Gasteiger partial charge is 0.468 e. The van der Waals surface area contributed by atoms with Crippen molar-refractivity contribution < 1.29 is 17.9 Å². The molecule has 23 heavy (non-hydrogen) atoms. The molecule has 0 saturated heterocycles. The van der Waals surface area contributed by atoms with Gasteiger partial charge in [-0.2, -0.15) is 0 Å². The van der Waals surface area contributed by atoms with Gasteiger partial charge in [0.2, 0.25) is 0 Å². The summed E-state index contributed by atoms with van der Waals surface area (Å²) in [7, 11) is -2.65. The molecular formula is C16H16BrNO4S. The van der Waals surface area contributed by atoms with Crippen LogP contribution >= 0.6 is 15.9 Å². The first kappa shape index (κ1) is 17.5. The van der Waals surface area contributed by atoms with Crippen LogP contribution in [-0.4, -0.2) is 28.0 Å². The number of esters is 1. The number of hydrogen-bond donors (Lipinski definition) is 0. The van der Waals surface area contributed by atoms with E-state index in [9.17, 15) is 13.2 Å². The Morgan fingerprint density at radius 2 is 1.65 bits per heavy atom. The standard InChI is InChI=1S/C16H16BrNO4S/c1-12-3-9-15(10-4-12)23(20,21)18(11-16(19)22-2)14-7-5-13(17)6-8-14/h3-10H,11H2,1-2H3. The number of sulfonamides is 1. The molecule has 0 aliphatic rings. The number of benzene rings is 2.